The van der Waals surface area contributed by atoms with Gasteiger partial charge in [0.05, 0.1) is 37.0 Å². The van der Waals surface area contributed by atoms with Gasteiger partial charge in [0, 0.05) is 18.5 Å². The van der Waals surface area contributed by atoms with Gasteiger partial charge in [0.25, 0.3) is 0 Å². The molecule has 9 nitrogen and oxygen atoms in total. The fourth-order valence-corrected chi connectivity index (χ4v) is 6.96. The molecule has 0 unspecified atom stereocenters. The number of anilines is 1. The highest BCUT2D eigenvalue weighted by molar-refractivity contribution is 6.74. The second kappa shape index (κ2) is 13.1. The zero-order valence-corrected chi connectivity index (χ0v) is 29.9. The number of hydrogen-bond donors (Lipinski definition) is 1. The molecule has 2 heterocycles. The first-order chi connectivity index (χ1) is 20.8. The topological polar surface area (TPSA) is 97.8 Å². The maximum Gasteiger partial charge on any atom is 0.410 e. The molecule has 2 aliphatic rings. The van der Waals surface area contributed by atoms with Gasteiger partial charge in [0.2, 0.25) is 5.91 Å². The number of aliphatic hydroxyl groups is 1. The lowest BCUT2D eigenvalue weighted by atomic mass is 9.89. The minimum Gasteiger partial charge on any atom is -0.497 e. The second-order valence-corrected chi connectivity index (χ2v) is 19.8. The minimum absolute atomic E-state index is 0.0201. The molecule has 2 aromatic rings. The Morgan fingerprint density at radius 3 is 2.33 bits per heavy atom. The molecular formula is C34H49ClN2O7Si. The fraction of sp³-hybridized carbons (Fsp3) is 0.588. The summed E-state index contributed by atoms with van der Waals surface area (Å²) >= 11 is 6.71. The molecule has 1 saturated heterocycles. The second-order valence-electron chi connectivity index (χ2n) is 14.6. The van der Waals surface area contributed by atoms with Gasteiger partial charge in [-0.2, -0.15) is 0 Å². The van der Waals surface area contributed by atoms with Crippen LogP contribution in [0.1, 0.15) is 65.5 Å². The van der Waals surface area contributed by atoms with Crippen molar-refractivity contribution >= 4 is 37.6 Å². The van der Waals surface area contributed by atoms with Gasteiger partial charge in [-0.3, -0.25) is 4.79 Å². The number of halogens is 1. The van der Waals surface area contributed by atoms with E-state index in [1.807, 2.05) is 45.0 Å². The van der Waals surface area contributed by atoms with Gasteiger partial charge in [-0.15, -0.1) is 0 Å². The quantitative estimate of drug-likeness (QED) is 0.306. The summed E-state index contributed by atoms with van der Waals surface area (Å²) < 4.78 is 24.1. The van der Waals surface area contributed by atoms with Crippen molar-refractivity contribution in [3.8, 4) is 11.5 Å². The third kappa shape index (κ3) is 8.14. The molecular weight excluding hydrogens is 612 g/mol. The average Bonchev–Trinajstić information content (AvgIpc) is 2.94. The van der Waals surface area contributed by atoms with Crippen molar-refractivity contribution in [2.24, 2.45) is 0 Å². The van der Waals surface area contributed by atoms with Crippen molar-refractivity contribution in [1.82, 2.24) is 4.90 Å². The molecule has 0 aromatic heterocycles. The van der Waals surface area contributed by atoms with Gasteiger partial charge < -0.3 is 33.5 Å². The molecule has 4 rings (SSSR count). The van der Waals surface area contributed by atoms with E-state index in [4.69, 9.17) is 30.2 Å². The van der Waals surface area contributed by atoms with Gasteiger partial charge in [-0.05, 0) is 81.6 Å². The van der Waals surface area contributed by atoms with Gasteiger partial charge in [-0.1, -0.05) is 44.5 Å². The van der Waals surface area contributed by atoms with Crippen LogP contribution in [-0.4, -0.2) is 74.4 Å². The normalized spacial score (nSPS) is 21.0. The van der Waals surface area contributed by atoms with E-state index in [1.54, 1.807) is 29.0 Å². The van der Waals surface area contributed by atoms with Gasteiger partial charge in [0.1, 0.15) is 29.3 Å². The molecule has 2 aromatic carbocycles. The van der Waals surface area contributed by atoms with Crippen LogP contribution >= 0.6 is 11.6 Å². The summed E-state index contributed by atoms with van der Waals surface area (Å²) in [6.45, 7) is 17.0. The number of likely N-dealkylation sites (tertiary alicyclic amines) is 1. The molecule has 0 saturated carbocycles. The molecule has 0 bridgehead atoms. The lowest BCUT2D eigenvalue weighted by Gasteiger charge is -2.49. The van der Waals surface area contributed by atoms with Gasteiger partial charge in [-0.25, -0.2) is 4.79 Å². The fourth-order valence-electron chi connectivity index (χ4n) is 5.32. The molecule has 0 radical (unpaired) electrons. The molecule has 1 N–H and O–H groups in total. The van der Waals surface area contributed by atoms with Crippen LogP contribution in [-0.2, 0) is 26.9 Å². The molecule has 0 aliphatic carbocycles. The summed E-state index contributed by atoms with van der Waals surface area (Å²) in [4.78, 5) is 29.5. The number of carbonyl (C=O) groups excluding carboxylic acids is 2. The van der Waals surface area contributed by atoms with Crippen molar-refractivity contribution in [3.05, 3.63) is 52.5 Å². The Bertz CT molecular complexity index is 1390. The molecule has 2 aliphatic heterocycles. The number of hydrogen-bond acceptors (Lipinski definition) is 7. The lowest BCUT2D eigenvalue weighted by Crippen LogP contribution is -2.63. The highest BCUT2D eigenvalue weighted by atomic mass is 35.5. The van der Waals surface area contributed by atoms with Crippen molar-refractivity contribution in [3.63, 3.8) is 0 Å². The first-order valence-corrected chi connectivity index (χ1v) is 18.9. The summed E-state index contributed by atoms with van der Waals surface area (Å²) in [6, 6.07) is 11.1. The van der Waals surface area contributed by atoms with Crippen molar-refractivity contribution in [2.75, 3.05) is 31.7 Å². The number of benzene rings is 2. The van der Waals surface area contributed by atoms with E-state index in [2.05, 4.69) is 33.9 Å². The summed E-state index contributed by atoms with van der Waals surface area (Å²) in [7, 11) is -0.741. The van der Waals surface area contributed by atoms with Crippen LogP contribution in [0.15, 0.2) is 36.4 Å². The molecule has 11 heteroatoms. The van der Waals surface area contributed by atoms with E-state index in [9.17, 15) is 14.7 Å². The number of nitrogens with zero attached hydrogens (tertiary/aromatic N) is 2. The monoisotopic (exact) mass is 660 g/mol. The molecule has 2 amide bonds. The van der Waals surface area contributed by atoms with Gasteiger partial charge >= 0.3 is 6.09 Å². The van der Waals surface area contributed by atoms with E-state index in [0.29, 0.717) is 42.4 Å². The Morgan fingerprint density at radius 1 is 1.07 bits per heavy atom. The predicted octanol–water partition coefficient (Wildman–Crippen LogP) is 6.97. The van der Waals surface area contributed by atoms with E-state index in [0.717, 1.165) is 16.9 Å². The van der Waals surface area contributed by atoms with Crippen molar-refractivity contribution in [1.29, 1.82) is 0 Å². The van der Waals surface area contributed by atoms with Crippen LogP contribution in [0, 0.1) is 0 Å². The van der Waals surface area contributed by atoms with Crippen LogP contribution in [0.2, 0.25) is 23.2 Å². The number of amides is 2. The predicted molar refractivity (Wildman–Crippen MR) is 179 cm³/mol. The van der Waals surface area contributed by atoms with Crippen LogP contribution in [0.25, 0.3) is 0 Å². The lowest BCUT2D eigenvalue weighted by molar-refractivity contribution is -0.129. The Labute approximate surface area is 273 Å². The number of piperidine rings is 1. The summed E-state index contributed by atoms with van der Waals surface area (Å²) in [5, 5.41) is 12.5. The number of ether oxygens (including phenoxy) is 3. The Hall–Kier alpha value is -2.79. The molecule has 1 fully saturated rings. The zero-order chi connectivity index (χ0) is 33.4. The highest BCUT2D eigenvalue weighted by Crippen LogP contribution is 2.43. The summed E-state index contributed by atoms with van der Waals surface area (Å²) in [5.41, 5.74) is 0.388. The summed E-state index contributed by atoms with van der Waals surface area (Å²) in [5.74, 6) is 1.28. The van der Waals surface area contributed by atoms with E-state index >= 15 is 0 Å². The Balaban J connectivity index is 1.59. The number of rotatable bonds is 8. The molecule has 248 valence electrons. The van der Waals surface area contributed by atoms with Crippen LogP contribution in [0.4, 0.5) is 10.5 Å². The van der Waals surface area contributed by atoms with Crippen molar-refractivity contribution in [2.45, 2.75) is 103 Å². The van der Waals surface area contributed by atoms with Crippen molar-refractivity contribution < 1.29 is 33.3 Å². The van der Waals surface area contributed by atoms with Crippen LogP contribution in [0.3, 0.4) is 0 Å². The van der Waals surface area contributed by atoms with E-state index < -0.39 is 31.7 Å². The zero-order valence-electron chi connectivity index (χ0n) is 28.2. The number of fused-ring (bicyclic) bond motifs is 1. The van der Waals surface area contributed by atoms with Crippen LogP contribution in [0.5, 0.6) is 11.5 Å². The molecule has 45 heavy (non-hydrogen) atoms. The maximum atomic E-state index is 13.1. The smallest absolute Gasteiger partial charge is 0.410 e. The standard InChI is InChI=1S/C34H49ClN2O7Si/c1-32(2,3)43-31(39)36-19-18-34(40,28(21-36)44-45(8,9)33(4,5)6)22-42-27-16-15-26(35)30-25(27)14-17-29(38)37(30)20-23-10-12-24(41-7)13-11-23/h10-13,15-16,28,40H,14,17-22H2,1-9H3/t28-,34-/m0/s1. The average molecular weight is 661 g/mol. The van der Waals surface area contributed by atoms with E-state index in [-0.39, 0.29) is 30.5 Å². The number of carbonyl (C=O) groups is 2. The Kier molecular flexibility index (Phi) is 10.2. The molecule has 0 spiro atoms. The first-order valence-electron chi connectivity index (χ1n) is 15.6. The van der Waals surface area contributed by atoms with Crippen LogP contribution < -0.4 is 14.4 Å². The Morgan fingerprint density at radius 2 is 1.73 bits per heavy atom. The number of methoxy groups -OCH3 is 1. The van der Waals surface area contributed by atoms with Gasteiger partial charge in [0.15, 0.2) is 8.32 Å². The molecule has 2 atom stereocenters. The highest BCUT2D eigenvalue weighted by Gasteiger charge is 2.50. The summed E-state index contributed by atoms with van der Waals surface area (Å²) in [6.07, 6.45) is -0.0773. The maximum absolute atomic E-state index is 13.1. The SMILES string of the molecule is COc1ccc(CN2C(=O)CCc3c(OC[C@@]4(O)CCN(C(=O)OC(C)(C)C)C[C@@H]4O[Si](C)(C)C(C)(C)C)ccc(Cl)c32)cc1. The first kappa shape index (κ1) is 35.1. The third-order valence-electron chi connectivity index (χ3n) is 9.02. The van der Waals surface area contributed by atoms with E-state index in [1.165, 1.54) is 0 Å². The largest absolute Gasteiger partial charge is 0.497 e. The third-order valence-corrected chi connectivity index (χ3v) is 13.8. The minimum atomic E-state index is -2.36.